The molecule has 102 valence electrons. The third-order valence-corrected chi connectivity index (χ3v) is 6.07. The van der Waals surface area contributed by atoms with Gasteiger partial charge >= 0.3 is 0 Å². The van der Waals surface area contributed by atoms with Gasteiger partial charge in [0.2, 0.25) is 10.0 Å². The van der Waals surface area contributed by atoms with Gasteiger partial charge in [0.05, 0.1) is 9.90 Å². The van der Waals surface area contributed by atoms with Gasteiger partial charge in [-0.1, -0.05) is 15.9 Å². The van der Waals surface area contributed by atoms with Crippen molar-refractivity contribution in [2.45, 2.75) is 18.4 Å². The van der Waals surface area contributed by atoms with Crippen LogP contribution in [0.4, 0.5) is 0 Å². The van der Waals surface area contributed by atoms with Crippen molar-refractivity contribution in [3.8, 4) is 0 Å². The molecule has 0 spiro atoms. The van der Waals surface area contributed by atoms with Crippen LogP contribution < -0.4 is 4.72 Å². The molecule has 0 bridgehead atoms. The zero-order valence-electron chi connectivity index (χ0n) is 9.85. The molecule has 2 aromatic rings. The molecule has 0 amide bonds. The summed E-state index contributed by atoms with van der Waals surface area (Å²) in [4.78, 5) is 5.19. The Kier molecular flexibility index (Phi) is 4.78. The fourth-order valence-electron chi connectivity index (χ4n) is 1.42. The average Bonchev–Trinajstić information content (AvgIpc) is 2.72. The smallest absolute Gasteiger partial charge is 0.242 e. The van der Waals surface area contributed by atoms with E-state index in [0.717, 1.165) is 14.4 Å². The van der Waals surface area contributed by atoms with Crippen LogP contribution in [0.25, 0.3) is 0 Å². The lowest BCUT2D eigenvalue weighted by Crippen LogP contribution is -2.23. The van der Waals surface area contributed by atoms with E-state index in [1.807, 2.05) is 6.92 Å². The topological polar surface area (TPSA) is 59.1 Å². The van der Waals surface area contributed by atoms with E-state index >= 15 is 0 Å². The minimum Gasteiger partial charge on any atom is -0.250 e. The van der Waals surface area contributed by atoms with Crippen LogP contribution >= 0.6 is 43.2 Å². The molecule has 1 N–H and O–H groups in total. The lowest BCUT2D eigenvalue weighted by Gasteiger charge is -2.07. The van der Waals surface area contributed by atoms with Gasteiger partial charge < -0.3 is 0 Å². The van der Waals surface area contributed by atoms with Gasteiger partial charge in [0.1, 0.15) is 0 Å². The number of thiazole rings is 1. The third-order valence-electron chi connectivity index (χ3n) is 2.29. The Balaban J connectivity index is 2.18. The number of hydrogen-bond donors (Lipinski definition) is 1. The highest BCUT2D eigenvalue weighted by molar-refractivity contribution is 9.11. The Morgan fingerprint density at radius 1 is 1.37 bits per heavy atom. The number of halogens is 2. The summed E-state index contributed by atoms with van der Waals surface area (Å²) >= 11 is 8.02. The first-order chi connectivity index (χ1) is 8.88. The monoisotopic (exact) mass is 424 g/mol. The molecule has 0 fully saturated rings. The predicted octanol–water partition coefficient (Wildman–Crippen LogP) is 3.46. The molecule has 1 aromatic carbocycles. The maximum atomic E-state index is 12.2. The highest BCUT2D eigenvalue weighted by atomic mass is 79.9. The molecule has 0 radical (unpaired) electrons. The van der Waals surface area contributed by atoms with Crippen LogP contribution in [0, 0.1) is 6.92 Å². The number of sulfonamides is 1. The molecular formula is C11H10Br2N2O2S2. The van der Waals surface area contributed by atoms with Crippen LogP contribution in [0.15, 0.2) is 38.2 Å². The zero-order valence-corrected chi connectivity index (χ0v) is 14.7. The molecule has 0 aliphatic carbocycles. The SMILES string of the molecule is Cc1ncc(CNS(=O)(=O)c2ccc(Br)cc2Br)s1. The van der Waals surface area contributed by atoms with E-state index in [9.17, 15) is 8.42 Å². The second-order valence-electron chi connectivity index (χ2n) is 3.74. The maximum Gasteiger partial charge on any atom is 0.242 e. The number of aryl methyl sites for hydroxylation is 1. The van der Waals surface area contributed by atoms with Crippen LogP contribution in [-0.2, 0) is 16.6 Å². The fourth-order valence-corrected chi connectivity index (χ4v) is 5.00. The van der Waals surface area contributed by atoms with Crippen LogP contribution in [0.5, 0.6) is 0 Å². The number of aromatic nitrogens is 1. The molecule has 0 atom stereocenters. The summed E-state index contributed by atoms with van der Waals surface area (Å²) in [6.07, 6.45) is 1.68. The molecule has 0 unspecified atom stereocenters. The molecular weight excluding hydrogens is 416 g/mol. The number of hydrogen-bond acceptors (Lipinski definition) is 4. The Hall–Kier alpha value is -0.280. The van der Waals surface area contributed by atoms with E-state index < -0.39 is 10.0 Å². The lowest BCUT2D eigenvalue weighted by molar-refractivity contribution is 0.581. The van der Waals surface area contributed by atoms with Crippen molar-refractivity contribution in [1.29, 1.82) is 0 Å². The van der Waals surface area contributed by atoms with Crippen LogP contribution in [0.2, 0.25) is 0 Å². The van der Waals surface area contributed by atoms with Crippen molar-refractivity contribution in [3.63, 3.8) is 0 Å². The molecule has 0 saturated carbocycles. The summed E-state index contributed by atoms with van der Waals surface area (Å²) in [6.45, 7) is 2.13. The normalized spacial score (nSPS) is 11.7. The quantitative estimate of drug-likeness (QED) is 0.815. The van der Waals surface area contributed by atoms with E-state index in [1.54, 1.807) is 24.4 Å². The van der Waals surface area contributed by atoms with E-state index in [-0.39, 0.29) is 11.4 Å². The van der Waals surface area contributed by atoms with Gasteiger partial charge in [0, 0.05) is 26.6 Å². The molecule has 19 heavy (non-hydrogen) atoms. The third kappa shape index (κ3) is 3.85. The van der Waals surface area contributed by atoms with E-state index in [2.05, 4.69) is 41.6 Å². The standard InChI is InChI=1S/C11H10Br2N2O2S2/c1-7-14-5-9(18-7)6-15-19(16,17)11-3-2-8(12)4-10(11)13/h2-5,15H,6H2,1H3. The van der Waals surface area contributed by atoms with Crippen molar-refractivity contribution in [2.75, 3.05) is 0 Å². The van der Waals surface area contributed by atoms with Gasteiger partial charge in [-0.3, -0.25) is 0 Å². The minimum atomic E-state index is -3.54. The van der Waals surface area contributed by atoms with E-state index in [4.69, 9.17) is 0 Å². The van der Waals surface area contributed by atoms with Gasteiger partial charge in [-0.25, -0.2) is 18.1 Å². The van der Waals surface area contributed by atoms with Crippen molar-refractivity contribution >= 4 is 53.2 Å². The van der Waals surface area contributed by atoms with Crippen molar-refractivity contribution in [3.05, 3.63) is 43.2 Å². The van der Waals surface area contributed by atoms with Crippen molar-refractivity contribution < 1.29 is 8.42 Å². The summed E-state index contributed by atoms with van der Waals surface area (Å²) < 4.78 is 28.2. The van der Waals surface area contributed by atoms with Gasteiger partial charge in [-0.2, -0.15) is 0 Å². The number of benzene rings is 1. The highest BCUT2D eigenvalue weighted by Crippen LogP contribution is 2.25. The Labute approximate surface area is 132 Å². The molecule has 2 rings (SSSR count). The number of rotatable bonds is 4. The molecule has 8 heteroatoms. The van der Waals surface area contributed by atoms with Gasteiger partial charge in [-0.05, 0) is 41.1 Å². The predicted molar refractivity (Wildman–Crippen MR) is 82.7 cm³/mol. The van der Waals surface area contributed by atoms with E-state index in [0.29, 0.717) is 4.47 Å². The first kappa shape index (κ1) is 15.1. The molecule has 0 aliphatic rings. The van der Waals surface area contributed by atoms with Gasteiger partial charge in [-0.15, -0.1) is 11.3 Å². The Morgan fingerprint density at radius 2 is 2.11 bits per heavy atom. The number of nitrogens with one attached hydrogen (secondary N) is 1. The number of nitrogens with zero attached hydrogens (tertiary/aromatic N) is 1. The first-order valence-electron chi connectivity index (χ1n) is 5.24. The summed E-state index contributed by atoms with van der Waals surface area (Å²) in [5, 5.41) is 0.916. The largest absolute Gasteiger partial charge is 0.250 e. The molecule has 4 nitrogen and oxygen atoms in total. The summed E-state index contributed by atoms with van der Waals surface area (Å²) in [5.41, 5.74) is 0. The van der Waals surface area contributed by atoms with Crippen molar-refractivity contribution in [2.24, 2.45) is 0 Å². The van der Waals surface area contributed by atoms with Gasteiger partial charge in [0.25, 0.3) is 0 Å². The van der Waals surface area contributed by atoms with Gasteiger partial charge in [0.15, 0.2) is 0 Å². The first-order valence-corrected chi connectivity index (χ1v) is 9.13. The average molecular weight is 426 g/mol. The van der Waals surface area contributed by atoms with Crippen molar-refractivity contribution in [1.82, 2.24) is 9.71 Å². The van der Waals surface area contributed by atoms with Crippen LogP contribution in [0.3, 0.4) is 0 Å². The second kappa shape index (κ2) is 6.01. The Bertz CT molecular complexity index is 698. The van der Waals surface area contributed by atoms with E-state index in [1.165, 1.54) is 11.3 Å². The molecule has 0 saturated heterocycles. The Morgan fingerprint density at radius 3 is 2.68 bits per heavy atom. The second-order valence-corrected chi connectivity index (χ2v) is 8.57. The fraction of sp³-hybridized carbons (Fsp3) is 0.182. The van der Waals surface area contributed by atoms with Crippen LogP contribution in [0.1, 0.15) is 9.88 Å². The molecule has 1 heterocycles. The minimum absolute atomic E-state index is 0.219. The lowest BCUT2D eigenvalue weighted by atomic mass is 10.4. The molecule has 1 aromatic heterocycles. The molecule has 0 aliphatic heterocycles. The van der Waals surface area contributed by atoms with Crippen LogP contribution in [-0.4, -0.2) is 13.4 Å². The highest BCUT2D eigenvalue weighted by Gasteiger charge is 2.17. The summed E-state index contributed by atoms with van der Waals surface area (Å²) in [5.74, 6) is 0. The summed E-state index contributed by atoms with van der Waals surface area (Å²) in [6, 6.07) is 4.94. The zero-order chi connectivity index (χ0) is 14.0. The summed E-state index contributed by atoms with van der Waals surface area (Å²) in [7, 11) is -3.54. The maximum absolute atomic E-state index is 12.2.